The summed E-state index contributed by atoms with van der Waals surface area (Å²) in [6.07, 6.45) is 7.08. The fraction of sp³-hybridized carbons (Fsp3) is 0.647. The summed E-state index contributed by atoms with van der Waals surface area (Å²) < 4.78 is 0. The van der Waals surface area contributed by atoms with Crippen LogP contribution in [-0.4, -0.2) is 0 Å². The zero-order valence-electron chi connectivity index (χ0n) is 11.8. The van der Waals surface area contributed by atoms with Crippen molar-refractivity contribution in [2.45, 2.75) is 71.1 Å². The predicted octanol–water partition coefficient (Wildman–Crippen LogP) is 5.34. The summed E-state index contributed by atoms with van der Waals surface area (Å²) in [7, 11) is 0. The molecule has 0 heteroatoms. The van der Waals surface area contributed by atoms with Gasteiger partial charge < -0.3 is 0 Å². The molecule has 0 saturated heterocycles. The first-order chi connectivity index (χ1) is 7.98. The number of benzene rings is 1. The highest BCUT2D eigenvalue weighted by Crippen LogP contribution is 2.35. The van der Waals surface area contributed by atoms with Crippen LogP contribution in [0.5, 0.6) is 0 Å². The molecule has 0 radical (unpaired) electrons. The number of rotatable bonds is 1. The van der Waals surface area contributed by atoms with Crippen molar-refractivity contribution in [2.24, 2.45) is 0 Å². The largest absolute Gasteiger partial charge is 0.0584 e. The van der Waals surface area contributed by atoms with E-state index in [0.29, 0.717) is 0 Å². The quantitative estimate of drug-likeness (QED) is 0.611. The molecule has 0 aromatic heterocycles. The Morgan fingerprint density at radius 2 is 1.65 bits per heavy atom. The highest BCUT2D eigenvalue weighted by Gasteiger charge is 2.19. The summed E-state index contributed by atoms with van der Waals surface area (Å²) in [6, 6.07) is 7.18. The van der Waals surface area contributed by atoms with Crippen LogP contribution < -0.4 is 0 Å². The first-order valence-corrected chi connectivity index (χ1v) is 7.09. The van der Waals surface area contributed by atoms with Crippen molar-refractivity contribution >= 4 is 0 Å². The first kappa shape index (κ1) is 12.7. The molecule has 2 rings (SSSR count). The van der Waals surface area contributed by atoms with E-state index in [1.807, 2.05) is 0 Å². The van der Waals surface area contributed by atoms with Gasteiger partial charge in [-0.1, -0.05) is 58.2 Å². The molecule has 1 aromatic rings. The third-order valence-corrected chi connectivity index (χ3v) is 4.14. The number of hydrogen-bond donors (Lipinski definition) is 0. The zero-order chi connectivity index (χ0) is 12.5. The Kier molecular flexibility index (Phi) is 3.61. The van der Waals surface area contributed by atoms with Gasteiger partial charge in [0.1, 0.15) is 0 Å². The van der Waals surface area contributed by atoms with Gasteiger partial charge in [-0.2, -0.15) is 0 Å². The van der Waals surface area contributed by atoms with Crippen molar-refractivity contribution in [1.82, 2.24) is 0 Å². The van der Waals surface area contributed by atoms with Crippen molar-refractivity contribution in [3.05, 3.63) is 34.9 Å². The second-order valence-electron chi connectivity index (χ2n) is 6.66. The van der Waals surface area contributed by atoms with Gasteiger partial charge >= 0.3 is 0 Å². The molecule has 0 nitrogen and oxygen atoms in total. The molecule has 1 aliphatic rings. The van der Waals surface area contributed by atoms with Crippen molar-refractivity contribution in [2.75, 3.05) is 0 Å². The Balaban J connectivity index is 2.24. The van der Waals surface area contributed by atoms with E-state index < -0.39 is 0 Å². The maximum absolute atomic E-state index is 2.44. The molecular weight excluding hydrogens is 204 g/mol. The van der Waals surface area contributed by atoms with Gasteiger partial charge in [0.05, 0.1) is 0 Å². The summed E-state index contributed by atoms with van der Waals surface area (Å²) in [5.41, 5.74) is 4.82. The first-order valence-electron chi connectivity index (χ1n) is 7.09. The molecule has 1 aromatic carbocycles. The lowest BCUT2D eigenvalue weighted by molar-refractivity contribution is 0.443. The van der Waals surface area contributed by atoms with Crippen LogP contribution in [0.1, 0.15) is 75.5 Å². The van der Waals surface area contributed by atoms with Gasteiger partial charge in [0.2, 0.25) is 0 Å². The maximum Gasteiger partial charge on any atom is -0.0129 e. The van der Waals surface area contributed by atoms with Crippen molar-refractivity contribution in [1.29, 1.82) is 0 Å². The van der Waals surface area contributed by atoms with E-state index in [2.05, 4.69) is 45.9 Å². The lowest BCUT2D eigenvalue weighted by Crippen LogP contribution is -2.14. The van der Waals surface area contributed by atoms with E-state index in [1.165, 1.54) is 43.2 Å². The van der Waals surface area contributed by atoms with Crippen molar-refractivity contribution < 1.29 is 0 Å². The fourth-order valence-corrected chi connectivity index (χ4v) is 3.22. The molecule has 1 saturated carbocycles. The van der Waals surface area contributed by atoms with Crippen molar-refractivity contribution in [3.63, 3.8) is 0 Å². The van der Waals surface area contributed by atoms with Crippen LogP contribution in [0.25, 0.3) is 0 Å². The average molecular weight is 230 g/mol. The smallest absolute Gasteiger partial charge is 0.0129 e. The normalized spacial score (nSPS) is 18.4. The van der Waals surface area contributed by atoms with E-state index in [-0.39, 0.29) is 5.41 Å². The molecule has 0 unspecified atom stereocenters. The minimum absolute atomic E-state index is 0.273. The highest BCUT2D eigenvalue weighted by molar-refractivity contribution is 5.37. The molecule has 0 spiro atoms. The summed E-state index contributed by atoms with van der Waals surface area (Å²) in [6.45, 7) is 9.17. The molecular formula is C17H26. The topological polar surface area (TPSA) is 0 Å². The van der Waals surface area contributed by atoms with Crippen LogP contribution in [0.4, 0.5) is 0 Å². The highest BCUT2D eigenvalue weighted by atomic mass is 14.2. The van der Waals surface area contributed by atoms with Gasteiger partial charge in [-0.05, 0) is 47.8 Å². The lowest BCUT2D eigenvalue weighted by Gasteiger charge is -2.26. The average Bonchev–Trinajstić information content (AvgIpc) is 2.28. The van der Waals surface area contributed by atoms with Crippen LogP contribution >= 0.6 is 0 Å². The minimum atomic E-state index is 0.273. The van der Waals surface area contributed by atoms with Crippen LogP contribution in [0.3, 0.4) is 0 Å². The summed E-state index contributed by atoms with van der Waals surface area (Å²) in [5.74, 6) is 0.830. The van der Waals surface area contributed by atoms with E-state index >= 15 is 0 Å². The van der Waals surface area contributed by atoms with Crippen LogP contribution in [0, 0.1) is 6.92 Å². The van der Waals surface area contributed by atoms with E-state index in [1.54, 1.807) is 5.56 Å². The molecule has 0 heterocycles. The monoisotopic (exact) mass is 230 g/mol. The van der Waals surface area contributed by atoms with Crippen LogP contribution in [0.2, 0.25) is 0 Å². The zero-order valence-corrected chi connectivity index (χ0v) is 11.8. The maximum atomic E-state index is 2.44. The Hall–Kier alpha value is -0.780. The Bertz CT molecular complexity index is 376. The Morgan fingerprint density at radius 1 is 1.00 bits per heavy atom. The third kappa shape index (κ3) is 2.91. The summed E-state index contributed by atoms with van der Waals surface area (Å²) in [4.78, 5) is 0. The lowest BCUT2D eigenvalue weighted by atomic mass is 9.79. The molecule has 0 amide bonds. The molecule has 0 atom stereocenters. The molecule has 1 aliphatic carbocycles. The van der Waals surface area contributed by atoms with Crippen LogP contribution in [-0.2, 0) is 5.41 Å². The van der Waals surface area contributed by atoms with Crippen LogP contribution in [0.15, 0.2) is 18.2 Å². The second-order valence-corrected chi connectivity index (χ2v) is 6.66. The molecule has 0 aliphatic heterocycles. The van der Waals surface area contributed by atoms with Gasteiger partial charge in [0.25, 0.3) is 0 Å². The summed E-state index contributed by atoms with van der Waals surface area (Å²) >= 11 is 0. The third-order valence-electron chi connectivity index (χ3n) is 4.14. The van der Waals surface area contributed by atoms with E-state index in [0.717, 1.165) is 5.92 Å². The number of aryl methyl sites for hydroxylation is 1. The number of hydrogen-bond acceptors (Lipinski definition) is 0. The minimum Gasteiger partial charge on any atom is -0.0584 e. The van der Waals surface area contributed by atoms with E-state index in [4.69, 9.17) is 0 Å². The molecule has 1 fully saturated rings. The second kappa shape index (κ2) is 4.84. The van der Waals surface area contributed by atoms with Gasteiger partial charge in [0.15, 0.2) is 0 Å². The molecule has 0 bridgehead atoms. The van der Waals surface area contributed by atoms with E-state index in [9.17, 15) is 0 Å². The van der Waals surface area contributed by atoms with Gasteiger partial charge in [0, 0.05) is 0 Å². The molecule has 0 N–H and O–H groups in total. The van der Waals surface area contributed by atoms with Gasteiger partial charge in [-0.3, -0.25) is 0 Å². The van der Waals surface area contributed by atoms with Gasteiger partial charge in [-0.25, -0.2) is 0 Å². The standard InChI is InChI=1S/C17H26/c1-13-12-15(14-8-6-5-7-9-14)10-11-16(13)17(2,3)4/h10-12,14H,5-9H2,1-4H3. The molecule has 94 valence electrons. The summed E-state index contributed by atoms with van der Waals surface area (Å²) in [5, 5.41) is 0. The Labute approximate surface area is 106 Å². The fourth-order valence-electron chi connectivity index (χ4n) is 3.22. The Morgan fingerprint density at radius 3 is 2.18 bits per heavy atom. The molecule has 17 heavy (non-hydrogen) atoms. The van der Waals surface area contributed by atoms with Gasteiger partial charge in [-0.15, -0.1) is 0 Å². The SMILES string of the molecule is Cc1cc(C2CCCCC2)ccc1C(C)(C)C. The predicted molar refractivity (Wildman–Crippen MR) is 75.7 cm³/mol. The van der Waals surface area contributed by atoms with Crippen molar-refractivity contribution in [3.8, 4) is 0 Å².